The molecule has 4 nitrogen and oxygen atoms in total. The van der Waals surface area contributed by atoms with Crippen molar-refractivity contribution in [3.8, 4) is 0 Å². The summed E-state index contributed by atoms with van der Waals surface area (Å²) >= 11 is 12.5. The largest absolute Gasteiger partial charge is 0.352 e. The zero-order valence-corrected chi connectivity index (χ0v) is 14.3. The predicted octanol–water partition coefficient (Wildman–Crippen LogP) is 4.70. The highest BCUT2D eigenvalue weighted by molar-refractivity contribution is 7.71. The van der Waals surface area contributed by atoms with Crippen molar-refractivity contribution in [1.82, 2.24) is 9.97 Å². The maximum Gasteiger partial charge on any atom is 0.260 e. The molecule has 0 aliphatic carbocycles. The van der Waals surface area contributed by atoms with Gasteiger partial charge in [0.1, 0.15) is 4.64 Å². The molecule has 7 heteroatoms. The average Bonchev–Trinajstić information content (AvgIpc) is 2.94. The number of halogens is 1. The van der Waals surface area contributed by atoms with Crippen molar-refractivity contribution in [2.75, 3.05) is 5.32 Å². The van der Waals surface area contributed by atoms with E-state index in [-0.39, 0.29) is 5.91 Å². The smallest absolute Gasteiger partial charge is 0.260 e. The molecule has 2 heterocycles. The van der Waals surface area contributed by atoms with E-state index in [9.17, 15) is 4.79 Å². The predicted molar refractivity (Wildman–Crippen MR) is 96.0 cm³/mol. The molecule has 2 N–H and O–H groups in total. The number of nitrogens with one attached hydrogen (secondary N) is 2. The Balaban J connectivity index is 1.71. The first-order chi connectivity index (χ1) is 11.1. The fraction of sp³-hybridized carbons (Fsp3) is 0.0625. The number of pyridine rings is 1. The van der Waals surface area contributed by atoms with Gasteiger partial charge in [0.15, 0.2) is 5.13 Å². The van der Waals surface area contributed by atoms with Crippen LogP contribution in [0.15, 0.2) is 48.8 Å². The van der Waals surface area contributed by atoms with Gasteiger partial charge in [-0.3, -0.25) is 10.1 Å². The minimum Gasteiger partial charge on any atom is -0.352 e. The Morgan fingerprint density at radius 1 is 1.35 bits per heavy atom. The minimum atomic E-state index is -0.268. The molecule has 0 bridgehead atoms. The molecule has 0 aliphatic rings. The molecule has 0 saturated carbocycles. The molecule has 0 aliphatic heterocycles. The lowest BCUT2D eigenvalue weighted by atomic mass is 10.1. The Morgan fingerprint density at radius 3 is 3.00 bits per heavy atom. The van der Waals surface area contributed by atoms with Crippen LogP contribution in [0, 0.1) is 4.64 Å². The summed E-state index contributed by atoms with van der Waals surface area (Å²) in [6, 6.07) is 11.1. The molecule has 23 heavy (non-hydrogen) atoms. The van der Waals surface area contributed by atoms with Gasteiger partial charge in [0.05, 0.1) is 5.56 Å². The Morgan fingerprint density at radius 2 is 2.22 bits per heavy atom. The van der Waals surface area contributed by atoms with Crippen LogP contribution < -0.4 is 5.32 Å². The molecule has 2 aromatic heterocycles. The lowest BCUT2D eigenvalue weighted by Gasteiger charge is -2.01. The normalized spacial score (nSPS) is 10.5. The molecule has 0 saturated heterocycles. The molecule has 0 radical (unpaired) electrons. The second kappa shape index (κ2) is 7.04. The Hall–Kier alpha value is -2.02. The van der Waals surface area contributed by atoms with E-state index < -0.39 is 0 Å². The second-order valence-electron chi connectivity index (χ2n) is 4.81. The van der Waals surface area contributed by atoms with Crippen molar-refractivity contribution in [2.24, 2.45) is 0 Å². The highest BCUT2D eigenvalue weighted by Crippen LogP contribution is 2.23. The van der Waals surface area contributed by atoms with E-state index in [1.807, 2.05) is 24.3 Å². The topological polar surface area (TPSA) is 57.8 Å². The van der Waals surface area contributed by atoms with Gasteiger partial charge in [0, 0.05) is 28.7 Å². The number of carbonyl (C=O) groups excluding carboxylic acids is 1. The lowest BCUT2D eigenvalue weighted by molar-refractivity contribution is 0.102. The van der Waals surface area contributed by atoms with Crippen molar-refractivity contribution in [2.45, 2.75) is 6.42 Å². The maximum atomic E-state index is 12.2. The summed E-state index contributed by atoms with van der Waals surface area (Å²) in [6.07, 6.45) is 4.16. The quantitative estimate of drug-likeness (QED) is 0.662. The summed E-state index contributed by atoms with van der Waals surface area (Å²) in [6.45, 7) is 0. The van der Waals surface area contributed by atoms with Crippen LogP contribution in [0.2, 0.25) is 5.02 Å². The van der Waals surface area contributed by atoms with Crippen LogP contribution in [-0.2, 0) is 6.42 Å². The Kier molecular flexibility index (Phi) is 4.85. The zero-order valence-electron chi connectivity index (χ0n) is 11.9. The van der Waals surface area contributed by atoms with E-state index >= 15 is 0 Å². The fourth-order valence-corrected chi connectivity index (χ4v) is 3.34. The van der Waals surface area contributed by atoms with Crippen LogP contribution in [-0.4, -0.2) is 15.9 Å². The van der Waals surface area contributed by atoms with E-state index in [0.717, 1.165) is 16.9 Å². The molecule has 1 aromatic carbocycles. The minimum absolute atomic E-state index is 0.268. The number of hydrogen-bond donors (Lipinski definition) is 2. The highest BCUT2D eigenvalue weighted by atomic mass is 35.5. The van der Waals surface area contributed by atoms with Gasteiger partial charge in [0.25, 0.3) is 5.91 Å². The molecule has 0 unspecified atom stereocenters. The fourth-order valence-electron chi connectivity index (χ4n) is 2.06. The number of thiazole rings is 1. The zero-order chi connectivity index (χ0) is 16.2. The molecule has 0 spiro atoms. The standard InChI is InChI=1S/C16H12ClN3OS2/c17-11-4-1-3-10(7-11)8-12-9-19-16(23-12)20-14(21)13-5-2-6-18-15(13)22/h1-7,9H,8H2,(H,18,22)(H,19,20,21). The maximum absolute atomic E-state index is 12.2. The monoisotopic (exact) mass is 361 g/mol. The molecule has 3 rings (SSSR count). The second-order valence-corrected chi connectivity index (χ2v) is 6.77. The van der Waals surface area contributed by atoms with Gasteiger partial charge in [-0.2, -0.15) is 0 Å². The molecular weight excluding hydrogens is 350 g/mol. The number of nitrogens with zero attached hydrogens (tertiary/aromatic N) is 1. The first-order valence-electron chi connectivity index (χ1n) is 6.80. The first-order valence-corrected chi connectivity index (χ1v) is 8.40. The lowest BCUT2D eigenvalue weighted by Crippen LogP contribution is -2.12. The van der Waals surface area contributed by atoms with E-state index in [0.29, 0.717) is 20.4 Å². The van der Waals surface area contributed by atoms with Crippen LogP contribution >= 0.6 is 35.2 Å². The molecule has 1 amide bonds. The highest BCUT2D eigenvalue weighted by Gasteiger charge is 2.11. The number of aromatic nitrogens is 2. The van der Waals surface area contributed by atoms with Gasteiger partial charge in [-0.15, -0.1) is 11.3 Å². The van der Waals surface area contributed by atoms with Gasteiger partial charge in [0.2, 0.25) is 0 Å². The van der Waals surface area contributed by atoms with Crippen LogP contribution in [0.5, 0.6) is 0 Å². The summed E-state index contributed by atoms with van der Waals surface area (Å²) in [4.78, 5) is 20.3. The van der Waals surface area contributed by atoms with Crippen molar-refractivity contribution in [3.05, 3.63) is 74.5 Å². The van der Waals surface area contributed by atoms with E-state index in [2.05, 4.69) is 15.3 Å². The molecule has 3 aromatic rings. The van der Waals surface area contributed by atoms with Crippen molar-refractivity contribution >= 4 is 46.2 Å². The summed E-state index contributed by atoms with van der Waals surface area (Å²) in [5.41, 5.74) is 1.53. The van der Waals surface area contributed by atoms with Crippen molar-refractivity contribution in [3.63, 3.8) is 0 Å². The van der Waals surface area contributed by atoms with Crippen molar-refractivity contribution < 1.29 is 4.79 Å². The Bertz CT molecular complexity index is 904. The number of aromatic amines is 1. The van der Waals surface area contributed by atoms with Gasteiger partial charge in [-0.05, 0) is 29.8 Å². The van der Waals surface area contributed by atoms with Gasteiger partial charge in [-0.25, -0.2) is 4.98 Å². The molecule has 116 valence electrons. The SMILES string of the molecule is O=C(Nc1ncc(Cc2cccc(Cl)c2)s1)c1ccc[nH]c1=S. The van der Waals surface area contributed by atoms with Crippen LogP contribution in [0.1, 0.15) is 20.8 Å². The van der Waals surface area contributed by atoms with Crippen LogP contribution in [0.25, 0.3) is 0 Å². The van der Waals surface area contributed by atoms with Gasteiger partial charge in [-0.1, -0.05) is 36.0 Å². The van der Waals surface area contributed by atoms with Gasteiger partial charge < -0.3 is 4.98 Å². The molecular formula is C16H12ClN3OS2. The number of benzene rings is 1. The summed E-state index contributed by atoms with van der Waals surface area (Å²) in [5, 5.41) is 4.03. The molecule has 0 atom stereocenters. The van der Waals surface area contributed by atoms with Crippen LogP contribution in [0.3, 0.4) is 0 Å². The summed E-state index contributed by atoms with van der Waals surface area (Å²) in [7, 11) is 0. The molecule has 0 fully saturated rings. The number of H-pyrrole nitrogens is 1. The summed E-state index contributed by atoms with van der Waals surface area (Å²) < 4.78 is 0.403. The van der Waals surface area contributed by atoms with E-state index in [1.54, 1.807) is 24.5 Å². The number of amides is 1. The third kappa shape index (κ3) is 4.04. The third-order valence-corrected chi connectivity index (χ3v) is 4.59. The van der Waals surface area contributed by atoms with E-state index in [4.69, 9.17) is 23.8 Å². The van der Waals surface area contributed by atoms with Crippen LogP contribution in [0.4, 0.5) is 5.13 Å². The Labute approximate surface area is 147 Å². The van der Waals surface area contributed by atoms with Gasteiger partial charge >= 0.3 is 0 Å². The number of carbonyl (C=O) groups is 1. The number of rotatable bonds is 4. The average molecular weight is 362 g/mol. The van der Waals surface area contributed by atoms with Crippen molar-refractivity contribution in [1.29, 1.82) is 0 Å². The summed E-state index contributed by atoms with van der Waals surface area (Å²) in [5.74, 6) is -0.268. The number of anilines is 1. The first kappa shape index (κ1) is 15.9. The third-order valence-electron chi connectivity index (χ3n) is 3.10. The number of hydrogen-bond acceptors (Lipinski definition) is 4. The van der Waals surface area contributed by atoms with E-state index in [1.165, 1.54) is 11.3 Å².